The topological polar surface area (TPSA) is 74.0 Å². The van der Waals surface area contributed by atoms with Crippen LogP contribution in [0.1, 0.15) is 22.5 Å². The zero-order chi connectivity index (χ0) is 22.0. The summed E-state index contributed by atoms with van der Waals surface area (Å²) in [6.45, 7) is 2.71. The van der Waals surface area contributed by atoms with Gasteiger partial charge in [0.25, 0.3) is 0 Å². The van der Waals surface area contributed by atoms with Crippen molar-refractivity contribution in [2.24, 2.45) is 11.8 Å². The van der Waals surface area contributed by atoms with Gasteiger partial charge < -0.3 is 19.7 Å². The minimum Gasteiger partial charge on any atom is -0.477 e. The molecule has 1 aliphatic carbocycles. The molecule has 9 heteroatoms. The Morgan fingerprint density at radius 1 is 1.32 bits per heavy atom. The maximum Gasteiger partial charge on any atom is 0.342 e. The number of allylic oxidation sites excluding steroid dienone is 1. The van der Waals surface area contributed by atoms with Crippen molar-refractivity contribution < 1.29 is 18.7 Å². The molecule has 31 heavy (non-hydrogen) atoms. The van der Waals surface area contributed by atoms with Gasteiger partial charge in [0.1, 0.15) is 21.9 Å². The van der Waals surface area contributed by atoms with Crippen LogP contribution < -0.4 is 15.6 Å². The van der Waals surface area contributed by atoms with E-state index in [1.54, 1.807) is 17.2 Å². The van der Waals surface area contributed by atoms with Crippen molar-refractivity contribution in [3.63, 3.8) is 0 Å². The van der Waals surface area contributed by atoms with Crippen molar-refractivity contribution in [1.29, 1.82) is 0 Å². The molecule has 0 radical (unpaired) electrons. The number of likely N-dealkylation sites (N-methyl/N-ethyl adjacent to an activating group) is 1. The molecule has 1 aromatic carbocycles. The van der Waals surface area contributed by atoms with Gasteiger partial charge >= 0.3 is 5.97 Å². The lowest BCUT2D eigenvalue weighted by molar-refractivity contribution is 0.0697. The van der Waals surface area contributed by atoms with Gasteiger partial charge in [0.05, 0.1) is 10.9 Å². The third kappa shape index (κ3) is 2.83. The number of nitrogens with one attached hydrogen (secondary N) is 1. The fourth-order valence-electron chi connectivity index (χ4n) is 5.14. The zero-order valence-electron chi connectivity index (χ0n) is 17.0. The second kappa shape index (κ2) is 7.13. The number of aromatic nitrogens is 1. The first kappa shape index (κ1) is 20.1. The van der Waals surface area contributed by atoms with Crippen molar-refractivity contribution in [1.82, 2.24) is 9.72 Å². The highest BCUT2D eigenvalue weighted by Gasteiger charge is 2.40. The minimum atomic E-state index is -1.41. The number of pyridine rings is 1. The number of aromatic carboxylic acids is 1. The number of fused-ring (bicyclic) bond motifs is 4. The second-order valence-corrected chi connectivity index (χ2v) is 9.11. The summed E-state index contributed by atoms with van der Waals surface area (Å²) in [5.74, 6) is -2.58. The molecule has 2 aromatic heterocycles. The third-order valence-corrected chi connectivity index (χ3v) is 7.64. The van der Waals surface area contributed by atoms with Gasteiger partial charge in [-0.3, -0.25) is 4.79 Å². The molecule has 2 N–H and O–H groups in total. The van der Waals surface area contributed by atoms with E-state index in [0.717, 1.165) is 23.8 Å². The summed E-state index contributed by atoms with van der Waals surface area (Å²) in [5, 5.41) is 14.2. The third-order valence-electron chi connectivity index (χ3n) is 6.57. The number of carboxylic acids is 1. The lowest BCUT2D eigenvalue weighted by Crippen LogP contribution is -2.38. The number of aryl methyl sites for hydroxylation is 1. The first-order chi connectivity index (χ1) is 14.8. The van der Waals surface area contributed by atoms with E-state index in [2.05, 4.69) is 17.5 Å². The molecule has 3 aromatic rings. The predicted octanol–water partition coefficient (Wildman–Crippen LogP) is 3.40. The Morgan fingerprint density at radius 2 is 2.10 bits per heavy atom. The van der Waals surface area contributed by atoms with Crippen LogP contribution in [0.4, 0.5) is 14.5 Å². The Labute approximate surface area is 180 Å². The fourth-order valence-corrected chi connectivity index (χ4v) is 6.17. The van der Waals surface area contributed by atoms with E-state index in [4.69, 9.17) is 0 Å². The summed E-state index contributed by atoms with van der Waals surface area (Å²) in [6.07, 6.45) is 5.05. The molecule has 3 unspecified atom stereocenters. The average Bonchev–Trinajstić information content (AvgIpc) is 3.31. The number of carbonyl (C=O) groups is 1. The number of benzene rings is 1. The van der Waals surface area contributed by atoms with E-state index in [1.165, 1.54) is 4.40 Å². The number of hydrogen-bond acceptors (Lipinski definition) is 5. The molecule has 0 bridgehead atoms. The summed E-state index contributed by atoms with van der Waals surface area (Å²) in [4.78, 5) is 26.5. The molecular formula is C22H21F2N3O3S. The Balaban J connectivity index is 1.75. The molecule has 1 saturated heterocycles. The average molecular weight is 445 g/mol. The molecule has 0 saturated carbocycles. The quantitative estimate of drug-likeness (QED) is 0.605. The largest absolute Gasteiger partial charge is 0.477 e. The van der Waals surface area contributed by atoms with E-state index in [-0.39, 0.29) is 39.3 Å². The van der Waals surface area contributed by atoms with Gasteiger partial charge in [-0.2, -0.15) is 0 Å². The number of nitrogens with zero attached hydrogens (tertiary/aromatic N) is 2. The highest BCUT2D eigenvalue weighted by Crippen LogP contribution is 2.39. The van der Waals surface area contributed by atoms with Crippen LogP contribution in [0.5, 0.6) is 0 Å². The fraction of sp³-hybridized carbons (Fsp3) is 0.364. The molecular weight excluding hydrogens is 424 g/mol. The maximum absolute atomic E-state index is 15.9. The van der Waals surface area contributed by atoms with Crippen molar-refractivity contribution in [3.05, 3.63) is 56.7 Å². The number of anilines is 1. The van der Waals surface area contributed by atoms with Gasteiger partial charge in [-0.15, -0.1) is 11.3 Å². The molecule has 2 aliphatic rings. The molecule has 162 valence electrons. The molecule has 1 aliphatic heterocycles. The summed E-state index contributed by atoms with van der Waals surface area (Å²) < 4.78 is 32.6. The summed E-state index contributed by atoms with van der Waals surface area (Å²) in [6, 6.07) is 1.13. The van der Waals surface area contributed by atoms with Gasteiger partial charge in [-0.1, -0.05) is 12.2 Å². The van der Waals surface area contributed by atoms with Crippen LogP contribution in [-0.2, 0) is 0 Å². The lowest BCUT2D eigenvalue weighted by atomic mass is 9.82. The second-order valence-electron chi connectivity index (χ2n) is 8.25. The number of halogens is 2. The van der Waals surface area contributed by atoms with Gasteiger partial charge in [0, 0.05) is 36.1 Å². The Kier molecular flexibility index (Phi) is 4.63. The van der Waals surface area contributed by atoms with Gasteiger partial charge in [-0.25, -0.2) is 13.6 Å². The lowest BCUT2D eigenvalue weighted by Gasteiger charge is -2.28. The Morgan fingerprint density at radius 3 is 2.81 bits per heavy atom. The van der Waals surface area contributed by atoms with Crippen LogP contribution in [-0.4, -0.2) is 41.7 Å². The summed E-state index contributed by atoms with van der Waals surface area (Å²) in [5.41, 5.74) is -0.981. The highest BCUT2D eigenvalue weighted by molar-refractivity contribution is 7.16. The van der Waals surface area contributed by atoms with Crippen molar-refractivity contribution in [3.8, 4) is 0 Å². The molecule has 6 nitrogen and oxygen atoms in total. The van der Waals surface area contributed by atoms with E-state index >= 15 is 8.78 Å². The molecule has 0 spiro atoms. The highest BCUT2D eigenvalue weighted by atomic mass is 32.1. The molecule has 3 atom stereocenters. The summed E-state index contributed by atoms with van der Waals surface area (Å²) >= 11 is 1.06. The standard InChI is InChI=1S/C22H21F2N3O3S/c1-10-9-31-21-16(22(29)30)20(28)12-6-14(23)19(17(24)18(12)27(10)21)26-7-11-4-3-5-15(25-2)13(11)8-26/h3,5-6,9,11,13,15,25H,4,7-8H2,1-2H3,(H,29,30). The number of thiazole rings is 1. The molecule has 5 rings (SSSR count). The smallest absolute Gasteiger partial charge is 0.342 e. The molecule has 1 fully saturated rings. The van der Waals surface area contributed by atoms with Crippen LogP contribution >= 0.6 is 11.3 Å². The predicted molar refractivity (Wildman–Crippen MR) is 116 cm³/mol. The Hall–Kier alpha value is -2.78. The van der Waals surface area contributed by atoms with Crippen molar-refractivity contribution >= 4 is 38.7 Å². The van der Waals surface area contributed by atoms with E-state index in [1.807, 2.05) is 7.05 Å². The van der Waals surface area contributed by atoms with Crippen molar-refractivity contribution in [2.75, 3.05) is 25.0 Å². The van der Waals surface area contributed by atoms with Gasteiger partial charge in [0.15, 0.2) is 5.82 Å². The van der Waals surface area contributed by atoms with Gasteiger partial charge in [0.2, 0.25) is 5.43 Å². The van der Waals surface area contributed by atoms with E-state index in [9.17, 15) is 14.7 Å². The van der Waals surface area contributed by atoms with E-state index in [0.29, 0.717) is 18.8 Å². The van der Waals surface area contributed by atoms with E-state index < -0.39 is 28.6 Å². The maximum atomic E-state index is 15.9. The number of rotatable bonds is 3. The van der Waals surface area contributed by atoms with Crippen LogP contribution in [0.25, 0.3) is 15.7 Å². The van der Waals surface area contributed by atoms with Crippen LogP contribution in [0.15, 0.2) is 28.4 Å². The molecule has 3 heterocycles. The zero-order valence-corrected chi connectivity index (χ0v) is 17.8. The Bertz CT molecular complexity index is 1330. The number of carboxylic acid groups (broad SMARTS) is 1. The SMILES string of the molecule is CNC1C=CCC2CN(c3c(F)cc4c(=O)c(C(=O)O)c5scc(C)n5c4c3F)CC21. The first-order valence-electron chi connectivity index (χ1n) is 10.1. The number of hydrogen-bond donors (Lipinski definition) is 2. The first-order valence-corrected chi connectivity index (χ1v) is 11.0. The van der Waals surface area contributed by atoms with Crippen LogP contribution in [0.3, 0.4) is 0 Å². The summed E-state index contributed by atoms with van der Waals surface area (Å²) in [7, 11) is 1.87. The normalized spacial score (nSPS) is 23.1. The molecule has 0 amide bonds. The van der Waals surface area contributed by atoms with Crippen LogP contribution in [0, 0.1) is 30.4 Å². The minimum absolute atomic E-state index is 0.0710. The monoisotopic (exact) mass is 445 g/mol. The van der Waals surface area contributed by atoms with Crippen molar-refractivity contribution in [2.45, 2.75) is 19.4 Å². The van der Waals surface area contributed by atoms with Crippen LogP contribution in [0.2, 0.25) is 0 Å². The van der Waals surface area contributed by atoms with Gasteiger partial charge in [-0.05, 0) is 32.4 Å².